The Balaban J connectivity index is 0.000000548. The lowest BCUT2D eigenvalue weighted by atomic mass is 10.0. The largest absolute Gasteiger partial charge is 0.359 e. The molecule has 6 nitrogen and oxygen atoms in total. The molecule has 0 aliphatic carbocycles. The summed E-state index contributed by atoms with van der Waals surface area (Å²) < 4.78 is 0. The monoisotopic (exact) mass is 638 g/mol. The molecular weight excluding hydrogens is 599 g/mol. The molecule has 3 aromatic rings. The summed E-state index contributed by atoms with van der Waals surface area (Å²) in [4.78, 5) is 34.2. The van der Waals surface area contributed by atoms with E-state index in [4.69, 9.17) is 23.2 Å². The van der Waals surface area contributed by atoms with E-state index < -0.39 is 0 Å². The van der Waals surface area contributed by atoms with Crippen molar-refractivity contribution in [1.29, 1.82) is 0 Å². The van der Waals surface area contributed by atoms with Crippen LogP contribution in [0.5, 0.6) is 0 Å². The van der Waals surface area contributed by atoms with Crippen LogP contribution < -0.4 is 5.32 Å². The second kappa shape index (κ2) is 14.4. The van der Waals surface area contributed by atoms with Crippen molar-refractivity contribution >= 4 is 64.1 Å². The van der Waals surface area contributed by atoms with Crippen LogP contribution in [-0.4, -0.2) is 59.8 Å². The number of aryl methyl sites for hydroxylation is 1. The lowest BCUT2D eigenvalue weighted by Gasteiger charge is -2.15. The van der Waals surface area contributed by atoms with E-state index in [0.717, 1.165) is 70.2 Å². The molecule has 228 valence electrons. The Bertz CT molecular complexity index is 1500. The SMILES string of the molecule is CN1CCCC1.Cc1[nH]c(/C=C2\C(=O)Nc3ccc(SCc4c(Cl)cccc4Cl)cc32)c(C)c1CCC(=O)N1CCCC1. The average Bonchev–Trinajstić information content (AvgIpc) is 3.78. The number of halogens is 2. The number of nitrogens with one attached hydrogen (secondary N) is 2. The second-order valence-electron chi connectivity index (χ2n) is 11.6. The maximum atomic E-state index is 12.9. The fraction of sp³-hybridized carbons (Fsp3) is 0.412. The topological polar surface area (TPSA) is 68.4 Å². The molecule has 2 N–H and O–H groups in total. The molecule has 0 saturated carbocycles. The molecule has 2 amide bonds. The third-order valence-electron chi connectivity index (χ3n) is 8.52. The predicted molar refractivity (Wildman–Crippen MR) is 180 cm³/mol. The van der Waals surface area contributed by atoms with Crippen LogP contribution in [0.2, 0.25) is 10.0 Å². The number of hydrogen-bond acceptors (Lipinski definition) is 4. The van der Waals surface area contributed by atoms with Gasteiger partial charge >= 0.3 is 0 Å². The zero-order valence-corrected chi connectivity index (χ0v) is 27.5. The van der Waals surface area contributed by atoms with Crippen molar-refractivity contribution < 1.29 is 9.59 Å². The van der Waals surface area contributed by atoms with Crippen LogP contribution in [0, 0.1) is 13.8 Å². The normalized spacial score (nSPS) is 17.3. The van der Waals surface area contributed by atoms with E-state index in [0.29, 0.717) is 34.2 Å². The Morgan fingerprint density at radius 1 is 0.977 bits per heavy atom. The zero-order valence-electron chi connectivity index (χ0n) is 25.2. The molecule has 0 spiro atoms. The predicted octanol–water partition coefficient (Wildman–Crippen LogP) is 7.99. The van der Waals surface area contributed by atoms with Crippen molar-refractivity contribution in [2.45, 2.75) is 63.0 Å². The highest BCUT2D eigenvalue weighted by atomic mass is 35.5. The zero-order chi connectivity index (χ0) is 30.5. The Kier molecular flexibility index (Phi) is 10.6. The van der Waals surface area contributed by atoms with Gasteiger partial charge in [0.2, 0.25) is 5.91 Å². The minimum Gasteiger partial charge on any atom is -0.359 e. The van der Waals surface area contributed by atoms with Crippen LogP contribution in [-0.2, 0) is 21.8 Å². The van der Waals surface area contributed by atoms with Gasteiger partial charge in [-0.15, -0.1) is 11.8 Å². The molecule has 9 heteroatoms. The maximum absolute atomic E-state index is 12.9. The lowest BCUT2D eigenvalue weighted by Crippen LogP contribution is -2.27. The summed E-state index contributed by atoms with van der Waals surface area (Å²) >= 11 is 14.3. The number of thioether (sulfide) groups is 1. The summed E-state index contributed by atoms with van der Waals surface area (Å²) in [7, 11) is 2.17. The van der Waals surface area contributed by atoms with Crippen LogP contribution in [0.4, 0.5) is 5.69 Å². The van der Waals surface area contributed by atoms with E-state index in [1.165, 1.54) is 25.9 Å². The molecule has 0 unspecified atom stereocenters. The van der Waals surface area contributed by atoms with Crippen molar-refractivity contribution in [2.24, 2.45) is 0 Å². The highest BCUT2D eigenvalue weighted by molar-refractivity contribution is 7.98. The fourth-order valence-corrected chi connectivity index (χ4v) is 7.61. The number of likely N-dealkylation sites (tertiary alicyclic amines) is 2. The first kappa shape index (κ1) is 31.7. The minimum atomic E-state index is -0.122. The molecule has 6 rings (SSSR count). The van der Waals surface area contributed by atoms with Crippen LogP contribution in [0.3, 0.4) is 0 Å². The molecule has 0 radical (unpaired) electrons. The molecule has 0 bridgehead atoms. The standard InChI is InChI=1S/C29H29Cl2N3O2S.C5H11N/c1-17-20(9-11-28(35)34-12-3-4-13-34)18(2)32-27(17)15-22-21-14-19(8-10-26(21)33-29(22)36)37-16-23-24(30)6-5-7-25(23)31;1-6-4-2-3-5-6/h5-8,10,14-15,32H,3-4,9,11-13,16H2,1-2H3,(H,33,36);2-5H2,1H3/b22-15-;. The number of fused-ring (bicyclic) bond motifs is 1. The molecule has 3 aliphatic heterocycles. The van der Waals surface area contributed by atoms with Gasteiger partial charge in [-0.2, -0.15) is 0 Å². The summed E-state index contributed by atoms with van der Waals surface area (Å²) in [5.74, 6) is 0.736. The van der Waals surface area contributed by atoms with Crippen LogP contribution in [0.15, 0.2) is 41.3 Å². The van der Waals surface area contributed by atoms with E-state index in [1.54, 1.807) is 11.8 Å². The quantitative estimate of drug-likeness (QED) is 0.203. The molecule has 2 saturated heterocycles. The molecular formula is C34H40Cl2N4O2S. The van der Waals surface area contributed by atoms with Crippen molar-refractivity contribution in [3.05, 3.63) is 80.1 Å². The summed E-state index contributed by atoms with van der Waals surface area (Å²) in [6.45, 7) is 8.48. The van der Waals surface area contributed by atoms with E-state index in [1.807, 2.05) is 54.3 Å². The van der Waals surface area contributed by atoms with Gasteiger partial charge in [-0.05, 0) is 119 Å². The van der Waals surface area contributed by atoms with E-state index in [9.17, 15) is 9.59 Å². The van der Waals surface area contributed by atoms with Crippen LogP contribution in [0.25, 0.3) is 11.6 Å². The Hall–Kier alpha value is -2.71. The van der Waals surface area contributed by atoms with Gasteiger partial charge in [0.25, 0.3) is 5.91 Å². The summed E-state index contributed by atoms with van der Waals surface area (Å²) in [5.41, 5.74) is 7.37. The summed E-state index contributed by atoms with van der Waals surface area (Å²) in [5, 5.41) is 4.27. The Morgan fingerprint density at radius 3 is 2.30 bits per heavy atom. The molecule has 1 aromatic heterocycles. The van der Waals surface area contributed by atoms with Crippen molar-refractivity contribution in [2.75, 3.05) is 38.5 Å². The van der Waals surface area contributed by atoms with E-state index >= 15 is 0 Å². The first-order chi connectivity index (χ1) is 20.7. The number of carbonyl (C=O) groups is 2. The highest BCUT2D eigenvalue weighted by Crippen LogP contribution is 2.38. The van der Waals surface area contributed by atoms with Gasteiger partial charge in [-0.25, -0.2) is 0 Å². The number of amides is 2. The highest BCUT2D eigenvalue weighted by Gasteiger charge is 2.26. The molecule has 43 heavy (non-hydrogen) atoms. The van der Waals surface area contributed by atoms with Gasteiger partial charge in [0.1, 0.15) is 0 Å². The average molecular weight is 640 g/mol. The molecule has 0 atom stereocenters. The number of aromatic amines is 1. The fourth-order valence-electron chi connectivity index (χ4n) is 5.94. The number of aromatic nitrogens is 1. The van der Waals surface area contributed by atoms with Gasteiger partial charge < -0.3 is 20.1 Å². The third-order valence-corrected chi connectivity index (χ3v) is 10.2. The smallest absolute Gasteiger partial charge is 0.256 e. The van der Waals surface area contributed by atoms with Gasteiger partial charge in [0.15, 0.2) is 0 Å². The second-order valence-corrected chi connectivity index (χ2v) is 13.4. The minimum absolute atomic E-state index is 0.122. The number of benzene rings is 2. The first-order valence-electron chi connectivity index (χ1n) is 15.1. The van der Waals surface area contributed by atoms with Gasteiger partial charge in [0.05, 0.1) is 5.57 Å². The number of carbonyl (C=O) groups excluding carboxylic acids is 2. The van der Waals surface area contributed by atoms with Crippen LogP contribution in [0.1, 0.15) is 65.7 Å². The van der Waals surface area contributed by atoms with Gasteiger partial charge in [0, 0.05) is 62.8 Å². The molecule has 4 heterocycles. The lowest BCUT2D eigenvalue weighted by molar-refractivity contribution is -0.130. The number of H-pyrrole nitrogens is 1. The summed E-state index contributed by atoms with van der Waals surface area (Å²) in [6.07, 6.45) is 8.16. The number of anilines is 1. The summed E-state index contributed by atoms with van der Waals surface area (Å²) in [6, 6.07) is 11.5. The van der Waals surface area contributed by atoms with Crippen molar-refractivity contribution in [3.63, 3.8) is 0 Å². The van der Waals surface area contributed by atoms with Crippen LogP contribution >= 0.6 is 35.0 Å². The number of rotatable bonds is 7. The first-order valence-corrected chi connectivity index (χ1v) is 16.8. The molecule has 2 fully saturated rings. The Labute approximate surface area is 269 Å². The van der Waals surface area contributed by atoms with Gasteiger partial charge in [-0.1, -0.05) is 29.3 Å². The van der Waals surface area contributed by atoms with Crippen molar-refractivity contribution in [1.82, 2.24) is 14.8 Å². The van der Waals surface area contributed by atoms with E-state index in [2.05, 4.69) is 29.2 Å². The number of hydrogen-bond donors (Lipinski definition) is 2. The van der Waals surface area contributed by atoms with Crippen molar-refractivity contribution in [3.8, 4) is 0 Å². The Morgan fingerprint density at radius 2 is 1.65 bits per heavy atom. The van der Waals surface area contributed by atoms with E-state index in [-0.39, 0.29) is 11.8 Å². The van der Waals surface area contributed by atoms with Gasteiger partial charge in [-0.3, -0.25) is 9.59 Å². The number of nitrogens with zero attached hydrogens (tertiary/aromatic N) is 2. The molecule has 2 aromatic carbocycles. The third kappa shape index (κ3) is 7.69. The molecule has 3 aliphatic rings. The maximum Gasteiger partial charge on any atom is 0.256 e.